The van der Waals surface area contributed by atoms with E-state index < -0.39 is 0 Å². The fourth-order valence-electron chi connectivity index (χ4n) is 4.05. The van der Waals surface area contributed by atoms with Crippen LogP contribution in [-0.4, -0.2) is 40.6 Å². The maximum Gasteiger partial charge on any atom is 0.161 e. The Bertz CT molecular complexity index is 515. The lowest BCUT2D eigenvalue weighted by Crippen LogP contribution is -2.43. The Balaban J connectivity index is 1.56. The number of rotatable bonds is 2. The van der Waals surface area contributed by atoms with Crippen LogP contribution in [0.15, 0.2) is 6.07 Å². The molecule has 0 bridgehead atoms. The third kappa shape index (κ3) is 2.64. The summed E-state index contributed by atoms with van der Waals surface area (Å²) in [6.07, 6.45) is 7.61. The van der Waals surface area contributed by atoms with E-state index in [9.17, 15) is 0 Å². The number of morpholine rings is 1. The van der Waals surface area contributed by atoms with Crippen LogP contribution in [0.4, 0.5) is 5.82 Å². The van der Waals surface area contributed by atoms with Crippen LogP contribution < -0.4 is 5.73 Å². The predicted octanol–water partition coefficient (Wildman–Crippen LogP) is 2.25. The molecule has 0 spiro atoms. The van der Waals surface area contributed by atoms with Crippen molar-refractivity contribution >= 4 is 5.82 Å². The van der Waals surface area contributed by atoms with Gasteiger partial charge in [-0.15, -0.1) is 0 Å². The molecule has 4 rings (SSSR count). The number of anilines is 1. The summed E-state index contributed by atoms with van der Waals surface area (Å²) in [6.45, 7) is 2.90. The third-order valence-corrected chi connectivity index (χ3v) is 5.23. The first kappa shape index (κ1) is 13.5. The lowest BCUT2D eigenvalue weighted by molar-refractivity contribution is -0.0541. The smallest absolute Gasteiger partial charge is 0.161 e. The van der Waals surface area contributed by atoms with Crippen LogP contribution in [0.3, 0.4) is 0 Å². The van der Waals surface area contributed by atoms with Crippen molar-refractivity contribution in [2.24, 2.45) is 0 Å². The Morgan fingerprint density at radius 1 is 1.14 bits per heavy atom. The van der Waals surface area contributed by atoms with Gasteiger partial charge in [0.1, 0.15) is 11.9 Å². The summed E-state index contributed by atoms with van der Waals surface area (Å²) >= 11 is 0. The second-order valence-electron chi connectivity index (χ2n) is 6.67. The van der Waals surface area contributed by atoms with Gasteiger partial charge in [-0.2, -0.15) is 0 Å². The molecule has 2 N–H and O–H groups in total. The number of nitrogens with zero attached hydrogens (tertiary/aromatic N) is 3. The van der Waals surface area contributed by atoms with Crippen LogP contribution in [0.1, 0.15) is 62.1 Å². The number of aromatic nitrogens is 2. The fourth-order valence-corrected chi connectivity index (χ4v) is 4.05. The number of nitrogen functional groups attached to an aromatic ring is 1. The normalized spacial score (nSPS) is 30.7. The van der Waals surface area contributed by atoms with Crippen LogP contribution in [0.2, 0.25) is 0 Å². The van der Waals surface area contributed by atoms with Crippen LogP contribution in [-0.2, 0) is 4.74 Å². The van der Waals surface area contributed by atoms with Gasteiger partial charge in [-0.1, -0.05) is 12.8 Å². The summed E-state index contributed by atoms with van der Waals surface area (Å²) in [5.74, 6) is 1.95. The largest absolute Gasteiger partial charge is 0.384 e. The Kier molecular flexibility index (Phi) is 3.55. The quantitative estimate of drug-likeness (QED) is 0.904. The molecule has 1 aromatic rings. The molecule has 1 aromatic heterocycles. The second kappa shape index (κ2) is 5.54. The van der Waals surface area contributed by atoms with Gasteiger partial charge in [-0.3, -0.25) is 4.90 Å². The van der Waals surface area contributed by atoms with Gasteiger partial charge in [-0.05, 0) is 32.2 Å². The highest BCUT2D eigenvalue weighted by atomic mass is 16.5. The highest BCUT2D eigenvalue weighted by molar-refractivity contribution is 5.32. The summed E-state index contributed by atoms with van der Waals surface area (Å²) in [6, 6.07) is 2.57. The lowest BCUT2D eigenvalue weighted by Gasteiger charge is -2.34. The van der Waals surface area contributed by atoms with Gasteiger partial charge >= 0.3 is 0 Å². The first-order valence-electron chi connectivity index (χ1n) is 8.29. The molecule has 3 heterocycles. The Morgan fingerprint density at radius 3 is 2.86 bits per heavy atom. The average molecular weight is 288 g/mol. The topological polar surface area (TPSA) is 64.3 Å². The van der Waals surface area contributed by atoms with Crippen molar-refractivity contribution in [1.82, 2.24) is 14.9 Å². The number of hydrogen-bond donors (Lipinski definition) is 1. The number of ether oxygens (including phenoxy) is 1. The monoisotopic (exact) mass is 288 g/mol. The van der Waals surface area contributed by atoms with Crippen molar-refractivity contribution in [2.75, 3.05) is 25.4 Å². The molecule has 3 fully saturated rings. The van der Waals surface area contributed by atoms with Crippen LogP contribution in [0, 0.1) is 0 Å². The molecule has 2 unspecified atom stereocenters. The lowest BCUT2D eigenvalue weighted by atomic mass is 10.0. The zero-order valence-corrected chi connectivity index (χ0v) is 12.5. The molecule has 114 valence electrons. The van der Waals surface area contributed by atoms with E-state index in [4.69, 9.17) is 15.5 Å². The second-order valence-corrected chi connectivity index (χ2v) is 6.67. The molecule has 5 nitrogen and oxygen atoms in total. The molecule has 0 aromatic carbocycles. The molecular weight excluding hydrogens is 264 g/mol. The van der Waals surface area contributed by atoms with Crippen molar-refractivity contribution in [3.05, 3.63) is 17.6 Å². The van der Waals surface area contributed by atoms with Crippen LogP contribution in [0.5, 0.6) is 0 Å². The van der Waals surface area contributed by atoms with Gasteiger partial charge in [0.05, 0.1) is 6.61 Å². The van der Waals surface area contributed by atoms with Gasteiger partial charge in [0, 0.05) is 30.3 Å². The summed E-state index contributed by atoms with van der Waals surface area (Å²) < 4.78 is 6.03. The van der Waals surface area contributed by atoms with E-state index in [1.165, 1.54) is 45.1 Å². The Labute approximate surface area is 125 Å². The van der Waals surface area contributed by atoms with Crippen molar-refractivity contribution in [1.29, 1.82) is 0 Å². The maximum atomic E-state index is 6.03. The minimum atomic E-state index is -0.0111. The van der Waals surface area contributed by atoms with E-state index in [-0.39, 0.29) is 6.10 Å². The van der Waals surface area contributed by atoms with E-state index in [1.54, 1.807) is 0 Å². The molecule has 2 atom stereocenters. The predicted molar refractivity (Wildman–Crippen MR) is 80.9 cm³/mol. The maximum absolute atomic E-state index is 6.03. The molecule has 0 amide bonds. The van der Waals surface area contributed by atoms with Crippen molar-refractivity contribution in [2.45, 2.75) is 56.6 Å². The van der Waals surface area contributed by atoms with Crippen molar-refractivity contribution in [3.8, 4) is 0 Å². The highest BCUT2D eigenvalue weighted by Gasteiger charge is 2.34. The Hall–Kier alpha value is -1.20. The summed E-state index contributed by atoms with van der Waals surface area (Å²) in [5.41, 5.74) is 7.15. The highest BCUT2D eigenvalue weighted by Crippen LogP contribution is 2.35. The van der Waals surface area contributed by atoms with E-state index in [2.05, 4.69) is 9.88 Å². The number of fused-ring (bicyclic) bond motifs is 1. The summed E-state index contributed by atoms with van der Waals surface area (Å²) in [4.78, 5) is 11.8. The van der Waals surface area contributed by atoms with E-state index in [0.29, 0.717) is 17.8 Å². The van der Waals surface area contributed by atoms with E-state index >= 15 is 0 Å². The minimum absolute atomic E-state index is 0.0111. The number of nitrogens with two attached hydrogens (primary N) is 1. The molecule has 0 radical (unpaired) electrons. The van der Waals surface area contributed by atoms with Crippen LogP contribution >= 0.6 is 0 Å². The van der Waals surface area contributed by atoms with Gasteiger partial charge < -0.3 is 10.5 Å². The third-order valence-electron chi connectivity index (χ3n) is 5.23. The van der Waals surface area contributed by atoms with Crippen molar-refractivity contribution in [3.63, 3.8) is 0 Å². The molecule has 2 aliphatic heterocycles. The molecule has 2 saturated heterocycles. The SMILES string of the molecule is Nc1cc(C2CCCC2)nc(C2CN3CCCC3CO2)n1. The zero-order chi connectivity index (χ0) is 14.2. The molecule has 5 heteroatoms. The zero-order valence-electron chi connectivity index (χ0n) is 12.5. The number of hydrogen-bond acceptors (Lipinski definition) is 5. The van der Waals surface area contributed by atoms with Crippen LogP contribution in [0.25, 0.3) is 0 Å². The minimum Gasteiger partial charge on any atom is -0.384 e. The summed E-state index contributed by atoms with van der Waals surface area (Å²) in [5, 5.41) is 0. The molecular formula is C16H24N4O. The van der Waals surface area contributed by atoms with Gasteiger partial charge in [0.2, 0.25) is 0 Å². The van der Waals surface area contributed by atoms with E-state index in [0.717, 1.165) is 24.7 Å². The molecule has 3 aliphatic rings. The first-order chi connectivity index (χ1) is 10.3. The van der Waals surface area contributed by atoms with Gasteiger partial charge in [0.25, 0.3) is 0 Å². The molecule has 1 saturated carbocycles. The molecule has 1 aliphatic carbocycles. The standard InChI is InChI=1S/C16H24N4O/c17-15-8-13(11-4-1-2-5-11)18-16(19-15)14-9-20-7-3-6-12(20)10-21-14/h8,11-12,14H,1-7,9-10H2,(H2,17,18,19). The van der Waals surface area contributed by atoms with Gasteiger partial charge in [-0.25, -0.2) is 9.97 Å². The molecule has 21 heavy (non-hydrogen) atoms. The first-order valence-corrected chi connectivity index (χ1v) is 8.29. The average Bonchev–Trinajstić information content (AvgIpc) is 3.17. The Morgan fingerprint density at radius 2 is 2.00 bits per heavy atom. The summed E-state index contributed by atoms with van der Waals surface area (Å²) in [7, 11) is 0. The van der Waals surface area contributed by atoms with Gasteiger partial charge in [0.15, 0.2) is 5.82 Å². The van der Waals surface area contributed by atoms with E-state index in [1.807, 2.05) is 6.07 Å². The fraction of sp³-hybridized carbons (Fsp3) is 0.750. The van der Waals surface area contributed by atoms with Crippen molar-refractivity contribution < 1.29 is 4.74 Å².